The highest BCUT2D eigenvalue weighted by atomic mass is 35.5. The van der Waals surface area contributed by atoms with Crippen molar-refractivity contribution in [3.05, 3.63) is 12.2 Å². The van der Waals surface area contributed by atoms with E-state index in [4.69, 9.17) is 11.5 Å². The van der Waals surface area contributed by atoms with Crippen LogP contribution in [0.3, 0.4) is 0 Å². The predicted molar refractivity (Wildman–Crippen MR) is 55.8 cm³/mol. The zero-order chi connectivity index (χ0) is 8.55. The molecule has 2 unspecified atom stereocenters. The Kier molecular flexibility index (Phi) is 2.93. The fraction of sp³-hybridized carbons (Fsp3) is 0.500. The maximum absolute atomic E-state index is 5.16. The Bertz CT molecular complexity index is 278. The van der Waals surface area contributed by atoms with Crippen LogP contribution < -0.4 is 11.5 Å². The molecule has 0 aromatic carbocycles. The van der Waals surface area contributed by atoms with Gasteiger partial charge in [-0.3, -0.25) is 0 Å². The monoisotopic (exact) mass is 200 g/mol. The topological polar surface area (TPSA) is 76.8 Å². The molecule has 0 heterocycles. The molecule has 0 aliphatic heterocycles. The van der Waals surface area contributed by atoms with E-state index in [0.717, 1.165) is 18.6 Å². The number of rotatable bonds is 1. The van der Waals surface area contributed by atoms with Crippen molar-refractivity contribution < 1.29 is 0 Å². The number of halogens is 1. The molecule has 2 aliphatic carbocycles. The molecule has 0 amide bonds. The Balaban J connectivity index is 0.000000845. The van der Waals surface area contributed by atoms with Gasteiger partial charge in [0, 0.05) is 11.6 Å². The summed E-state index contributed by atoms with van der Waals surface area (Å²) < 4.78 is 0. The zero-order valence-electron chi connectivity index (χ0n) is 7.18. The average molecular weight is 201 g/mol. The lowest BCUT2D eigenvalue weighted by Gasteiger charge is -2.31. The smallest absolute Gasteiger partial charge is 0.211 e. The predicted octanol–water partition coefficient (Wildman–Crippen LogP) is 0.634. The van der Waals surface area contributed by atoms with Gasteiger partial charge in [0.05, 0.1) is 0 Å². The minimum absolute atomic E-state index is 0. The van der Waals surface area contributed by atoms with Crippen LogP contribution in [-0.4, -0.2) is 11.7 Å². The van der Waals surface area contributed by atoms with Crippen LogP contribution in [0.25, 0.3) is 0 Å². The molecule has 2 rings (SSSR count). The molecular weight excluding hydrogens is 188 g/mol. The second-order valence-electron chi connectivity index (χ2n) is 3.25. The maximum atomic E-state index is 5.16. The number of nitrogens with zero attached hydrogens (tertiary/aromatic N) is 2. The number of guanidine groups is 1. The molecule has 4 N–H and O–H groups in total. The van der Waals surface area contributed by atoms with Gasteiger partial charge in [-0.1, -0.05) is 12.2 Å². The van der Waals surface area contributed by atoms with Crippen molar-refractivity contribution in [3.8, 4) is 0 Å². The first-order valence-electron chi connectivity index (χ1n) is 4.09. The van der Waals surface area contributed by atoms with Gasteiger partial charge in [-0.05, 0) is 18.8 Å². The molecule has 5 heteroatoms. The Hall–Kier alpha value is -1.03. The van der Waals surface area contributed by atoms with E-state index >= 15 is 0 Å². The van der Waals surface area contributed by atoms with Crippen molar-refractivity contribution in [1.29, 1.82) is 0 Å². The molecule has 13 heavy (non-hydrogen) atoms. The summed E-state index contributed by atoms with van der Waals surface area (Å²) in [6.07, 6.45) is 6.58. The highest BCUT2D eigenvalue weighted by Gasteiger charge is 2.37. The molecule has 1 saturated carbocycles. The third-order valence-electron chi connectivity index (χ3n) is 2.46. The van der Waals surface area contributed by atoms with Gasteiger partial charge >= 0.3 is 0 Å². The van der Waals surface area contributed by atoms with Crippen molar-refractivity contribution in [1.82, 2.24) is 0 Å². The Morgan fingerprint density at radius 3 is 2.85 bits per heavy atom. The van der Waals surface area contributed by atoms with E-state index < -0.39 is 0 Å². The number of nitrogens with two attached hydrogens (primary N) is 2. The standard InChI is InChI=1S/C8H12N4.ClH/c9-8(10)12-11-7-4-5-2-1-3-6(5)7;/h1-2,5-6H,3-4H2,(H4,9,10,12);1H/b11-7-;. The van der Waals surface area contributed by atoms with E-state index in [2.05, 4.69) is 22.4 Å². The summed E-state index contributed by atoms with van der Waals surface area (Å²) in [6, 6.07) is 0. The van der Waals surface area contributed by atoms with Crippen molar-refractivity contribution in [2.45, 2.75) is 12.8 Å². The lowest BCUT2D eigenvalue weighted by Crippen LogP contribution is -2.33. The first-order chi connectivity index (χ1) is 5.77. The van der Waals surface area contributed by atoms with Gasteiger partial charge in [0.2, 0.25) is 5.96 Å². The summed E-state index contributed by atoms with van der Waals surface area (Å²) in [5, 5.41) is 7.63. The largest absolute Gasteiger partial charge is 0.369 e. The normalized spacial score (nSPS) is 31.8. The summed E-state index contributed by atoms with van der Waals surface area (Å²) in [6.45, 7) is 0. The van der Waals surface area contributed by atoms with Crippen LogP contribution in [0.15, 0.2) is 22.4 Å². The SMILES string of the molecule is Cl.NC(N)=N/N=C1/CC2C=CCC12. The Morgan fingerprint density at radius 2 is 2.23 bits per heavy atom. The maximum Gasteiger partial charge on any atom is 0.211 e. The van der Waals surface area contributed by atoms with Crippen molar-refractivity contribution in [2.24, 2.45) is 33.5 Å². The number of hydrogen-bond acceptors (Lipinski definition) is 2. The average Bonchev–Trinajstić information content (AvgIpc) is 2.32. The van der Waals surface area contributed by atoms with Gasteiger partial charge in [-0.15, -0.1) is 17.5 Å². The van der Waals surface area contributed by atoms with Gasteiger partial charge in [-0.25, -0.2) is 0 Å². The summed E-state index contributed by atoms with van der Waals surface area (Å²) in [4.78, 5) is 0. The molecule has 2 atom stereocenters. The highest BCUT2D eigenvalue weighted by molar-refractivity contribution is 5.94. The molecule has 2 aliphatic rings. The van der Waals surface area contributed by atoms with Crippen LogP contribution in [0, 0.1) is 11.8 Å². The van der Waals surface area contributed by atoms with Gasteiger partial charge < -0.3 is 11.5 Å². The van der Waals surface area contributed by atoms with Gasteiger partial charge in [0.1, 0.15) is 0 Å². The molecule has 0 aromatic rings. The summed E-state index contributed by atoms with van der Waals surface area (Å²) >= 11 is 0. The molecule has 0 aromatic heterocycles. The highest BCUT2D eigenvalue weighted by Crippen LogP contribution is 2.40. The molecule has 0 spiro atoms. The number of allylic oxidation sites excluding steroid dienone is 2. The third kappa shape index (κ3) is 1.83. The van der Waals surface area contributed by atoms with Gasteiger partial charge in [0.25, 0.3) is 0 Å². The van der Waals surface area contributed by atoms with Crippen molar-refractivity contribution >= 4 is 24.1 Å². The van der Waals surface area contributed by atoms with E-state index in [9.17, 15) is 0 Å². The molecule has 1 fully saturated rings. The summed E-state index contributed by atoms with van der Waals surface area (Å²) in [5.74, 6) is 1.34. The lowest BCUT2D eigenvalue weighted by atomic mass is 9.74. The van der Waals surface area contributed by atoms with Gasteiger partial charge in [0.15, 0.2) is 0 Å². The third-order valence-corrected chi connectivity index (χ3v) is 2.46. The molecule has 72 valence electrons. The quantitative estimate of drug-likeness (QED) is 0.282. The summed E-state index contributed by atoms with van der Waals surface area (Å²) in [5.41, 5.74) is 11.5. The Morgan fingerprint density at radius 1 is 1.46 bits per heavy atom. The second kappa shape index (κ2) is 3.79. The molecule has 0 bridgehead atoms. The fourth-order valence-corrected chi connectivity index (χ4v) is 1.77. The number of hydrogen-bond donors (Lipinski definition) is 2. The van der Waals surface area contributed by atoms with Crippen LogP contribution in [0.5, 0.6) is 0 Å². The van der Waals surface area contributed by atoms with Crippen molar-refractivity contribution in [2.75, 3.05) is 0 Å². The molecule has 0 saturated heterocycles. The van der Waals surface area contributed by atoms with E-state index in [1.165, 1.54) is 0 Å². The summed E-state index contributed by atoms with van der Waals surface area (Å²) in [7, 11) is 0. The van der Waals surface area contributed by atoms with Crippen LogP contribution in [0.2, 0.25) is 0 Å². The minimum Gasteiger partial charge on any atom is -0.369 e. The van der Waals surface area contributed by atoms with Gasteiger partial charge in [-0.2, -0.15) is 5.10 Å². The van der Waals surface area contributed by atoms with Crippen LogP contribution in [-0.2, 0) is 0 Å². The first kappa shape index (κ1) is 10.1. The van der Waals surface area contributed by atoms with E-state index in [1.54, 1.807) is 0 Å². The van der Waals surface area contributed by atoms with E-state index in [-0.39, 0.29) is 18.4 Å². The minimum atomic E-state index is 0. The van der Waals surface area contributed by atoms with E-state index in [1.807, 2.05) is 0 Å². The second-order valence-corrected chi connectivity index (χ2v) is 3.25. The van der Waals surface area contributed by atoms with Crippen LogP contribution >= 0.6 is 12.4 Å². The zero-order valence-corrected chi connectivity index (χ0v) is 8.00. The Labute approximate surface area is 83.2 Å². The fourth-order valence-electron chi connectivity index (χ4n) is 1.77. The van der Waals surface area contributed by atoms with Crippen molar-refractivity contribution in [3.63, 3.8) is 0 Å². The molecular formula is C8H13ClN4. The lowest BCUT2D eigenvalue weighted by molar-refractivity contribution is 0.465. The molecule has 0 radical (unpaired) electrons. The van der Waals surface area contributed by atoms with Crippen LogP contribution in [0.1, 0.15) is 12.8 Å². The number of fused-ring (bicyclic) bond motifs is 1. The van der Waals surface area contributed by atoms with Crippen LogP contribution in [0.4, 0.5) is 0 Å². The van der Waals surface area contributed by atoms with E-state index in [0.29, 0.717) is 11.8 Å². The first-order valence-corrected chi connectivity index (χ1v) is 4.09. The molecule has 4 nitrogen and oxygen atoms in total.